The maximum Gasteiger partial charge on any atom is 0.247 e. The van der Waals surface area contributed by atoms with Gasteiger partial charge in [0.25, 0.3) is 0 Å². The number of halogens is 1. The predicted octanol–water partition coefficient (Wildman–Crippen LogP) is 2.98. The van der Waals surface area contributed by atoms with Crippen LogP contribution in [0.5, 0.6) is 0 Å². The van der Waals surface area contributed by atoms with Crippen molar-refractivity contribution < 1.29 is 13.5 Å². The van der Waals surface area contributed by atoms with E-state index in [0.717, 1.165) is 35.9 Å². The van der Waals surface area contributed by atoms with Crippen LogP contribution in [0.2, 0.25) is 0 Å². The largest absolute Gasteiger partial charge is 0.420 e. The van der Waals surface area contributed by atoms with Gasteiger partial charge in [-0.15, -0.1) is 10.2 Å². The maximum atomic E-state index is 13.1. The average Bonchev–Trinajstić information content (AvgIpc) is 3.36. The molecule has 0 aliphatic carbocycles. The van der Waals surface area contributed by atoms with E-state index < -0.39 is 0 Å². The van der Waals surface area contributed by atoms with E-state index >= 15 is 0 Å². The molecule has 1 aromatic carbocycles. The summed E-state index contributed by atoms with van der Waals surface area (Å²) in [7, 11) is 0. The molecule has 0 radical (unpaired) electrons. The van der Waals surface area contributed by atoms with Gasteiger partial charge < -0.3 is 14.1 Å². The lowest BCUT2D eigenvalue weighted by atomic mass is 10.1. The van der Waals surface area contributed by atoms with E-state index in [2.05, 4.69) is 20.1 Å². The van der Waals surface area contributed by atoms with Crippen molar-refractivity contribution in [3.05, 3.63) is 53.8 Å². The van der Waals surface area contributed by atoms with E-state index in [1.54, 1.807) is 18.3 Å². The standard InChI is InChI=1S/C20H18FN5O2/c21-14-3-1-13(2-4-14)20-25-24-18(28-20)12-15-11-16-17(23-15)5-6-22-19(16)26-7-9-27-10-8-26/h1-6H,7-12H2. The molecule has 0 amide bonds. The number of morpholine rings is 1. The molecule has 2 aromatic heterocycles. The number of benzene rings is 1. The molecule has 8 heteroatoms. The van der Waals surface area contributed by atoms with Crippen molar-refractivity contribution >= 4 is 17.2 Å². The van der Waals surface area contributed by atoms with Crippen molar-refractivity contribution in [1.29, 1.82) is 0 Å². The second-order valence-electron chi connectivity index (χ2n) is 6.77. The minimum Gasteiger partial charge on any atom is -0.420 e. The Morgan fingerprint density at radius 2 is 1.86 bits per heavy atom. The smallest absolute Gasteiger partial charge is 0.247 e. The zero-order valence-corrected chi connectivity index (χ0v) is 15.1. The molecule has 0 N–H and O–H groups in total. The van der Waals surface area contributed by atoms with Gasteiger partial charge in [0.1, 0.15) is 11.6 Å². The molecule has 1 fully saturated rings. The van der Waals surface area contributed by atoms with Gasteiger partial charge >= 0.3 is 0 Å². The van der Waals surface area contributed by atoms with Crippen molar-refractivity contribution in [2.45, 2.75) is 12.8 Å². The molecular formula is C20H18FN5O2. The molecule has 142 valence electrons. The molecule has 7 nitrogen and oxygen atoms in total. The fourth-order valence-corrected chi connectivity index (χ4v) is 3.52. The Morgan fingerprint density at radius 1 is 1.04 bits per heavy atom. The molecule has 0 saturated carbocycles. The summed E-state index contributed by atoms with van der Waals surface area (Å²) >= 11 is 0. The van der Waals surface area contributed by atoms with Gasteiger partial charge in [-0.3, -0.25) is 4.99 Å². The van der Waals surface area contributed by atoms with Crippen LogP contribution in [0.25, 0.3) is 11.5 Å². The molecule has 3 aromatic rings. The van der Waals surface area contributed by atoms with Crippen molar-refractivity contribution in [2.24, 2.45) is 4.99 Å². The van der Waals surface area contributed by atoms with Gasteiger partial charge in [0, 0.05) is 42.5 Å². The summed E-state index contributed by atoms with van der Waals surface area (Å²) in [5, 5.41) is 8.19. The van der Waals surface area contributed by atoms with Crippen LogP contribution in [0.4, 0.5) is 15.9 Å². The zero-order valence-electron chi connectivity index (χ0n) is 15.1. The van der Waals surface area contributed by atoms with Gasteiger partial charge in [-0.25, -0.2) is 9.37 Å². The van der Waals surface area contributed by atoms with Crippen LogP contribution in [0.1, 0.15) is 11.5 Å². The van der Waals surface area contributed by atoms with Crippen LogP contribution in [0.3, 0.4) is 0 Å². The number of hydrogen-bond donors (Lipinski definition) is 0. The van der Waals surface area contributed by atoms with E-state index in [9.17, 15) is 4.39 Å². The normalized spacial score (nSPS) is 16.2. The quantitative estimate of drug-likeness (QED) is 0.694. The van der Waals surface area contributed by atoms with E-state index in [0.29, 0.717) is 43.4 Å². The lowest BCUT2D eigenvalue weighted by Crippen LogP contribution is -2.37. The Hall–Kier alpha value is -3.13. The summed E-state index contributed by atoms with van der Waals surface area (Å²) < 4.78 is 24.3. The summed E-state index contributed by atoms with van der Waals surface area (Å²) in [4.78, 5) is 11.6. The molecule has 2 aliphatic rings. The van der Waals surface area contributed by atoms with Crippen LogP contribution in [0, 0.1) is 5.82 Å². The summed E-state index contributed by atoms with van der Waals surface area (Å²) in [5.74, 6) is 1.55. The van der Waals surface area contributed by atoms with Gasteiger partial charge in [-0.1, -0.05) is 0 Å². The number of hydrogen-bond acceptors (Lipinski definition) is 7. The molecule has 0 unspecified atom stereocenters. The number of ether oxygens (including phenoxy) is 1. The minimum absolute atomic E-state index is 0.300. The maximum absolute atomic E-state index is 13.1. The monoisotopic (exact) mass is 379 g/mol. The first-order chi connectivity index (χ1) is 13.8. The molecule has 0 spiro atoms. The van der Waals surface area contributed by atoms with Crippen LogP contribution < -0.4 is 4.90 Å². The van der Waals surface area contributed by atoms with Crippen LogP contribution in [-0.4, -0.2) is 47.2 Å². The number of aromatic nitrogens is 3. The minimum atomic E-state index is -0.300. The molecule has 2 aliphatic heterocycles. The lowest BCUT2D eigenvalue weighted by molar-refractivity contribution is 0.122. The number of anilines is 1. The number of rotatable bonds is 4. The number of pyridine rings is 1. The van der Waals surface area contributed by atoms with E-state index in [4.69, 9.17) is 14.1 Å². The first-order valence-corrected chi connectivity index (χ1v) is 9.21. The number of nitrogens with zero attached hydrogens (tertiary/aromatic N) is 5. The third-order valence-corrected chi connectivity index (χ3v) is 4.89. The van der Waals surface area contributed by atoms with Crippen LogP contribution in [-0.2, 0) is 17.6 Å². The van der Waals surface area contributed by atoms with Gasteiger partial charge in [-0.05, 0) is 30.3 Å². The van der Waals surface area contributed by atoms with Crippen LogP contribution >= 0.6 is 0 Å². The van der Waals surface area contributed by atoms with Crippen LogP contribution in [0.15, 0.2) is 45.9 Å². The molecule has 4 heterocycles. The Kier molecular flexibility index (Phi) is 4.32. The highest BCUT2D eigenvalue weighted by molar-refractivity contribution is 5.96. The fourth-order valence-electron chi connectivity index (χ4n) is 3.52. The van der Waals surface area contributed by atoms with E-state index in [1.807, 2.05) is 6.07 Å². The van der Waals surface area contributed by atoms with Gasteiger partial charge in [0.2, 0.25) is 11.8 Å². The highest BCUT2D eigenvalue weighted by Crippen LogP contribution is 2.34. The third-order valence-electron chi connectivity index (χ3n) is 4.89. The topological polar surface area (TPSA) is 76.6 Å². The molecule has 5 rings (SSSR count). The summed E-state index contributed by atoms with van der Waals surface area (Å²) in [5.41, 5.74) is 3.74. The third kappa shape index (κ3) is 3.27. The molecular weight excluding hydrogens is 361 g/mol. The van der Waals surface area contributed by atoms with E-state index in [1.165, 1.54) is 12.1 Å². The highest BCUT2D eigenvalue weighted by Gasteiger charge is 2.24. The Balaban J connectivity index is 1.32. The Bertz CT molecular complexity index is 1030. The molecule has 28 heavy (non-hydrogen) atoms. The van der Waals surface area contributed by atoms with Gasteiger partial charge in [-0.2, -0.15) is 0 Å². The van der Waals surface area contributed by atoms with Crippen molar-refractivity contribution in [2.75, 3.05) is 31.2 Å². The number of aliphatic imine (C=N–C) groups is 1. The Labute approximate surface area is 160 Å². The molecule has 0 atom stereocenters. The molecule has 1 saturated heterocycles. The lowest BCUT2D eigenvalue weighted by Gasteiger charge is -2.29. The Morgan fingerprint density at radius 3 is 2.68 bits per heavy atom. The fraction of sp³-hybridized carbons (Fsp3) is 0.300. The first-order valence-electron chi connectivity index (χ1n) is 9.21. The summed E-state index contributed by atoms with van der Waals surface area (Å²) in [6.07, 6.45) is 2.99. The highest BCUT2D eigenvalue weighted by atomic mass is 19.1. The second kappa shape index (κ2) is 7.12. The number of fused-ring (bicyclic) bond motifs is 1. The molecule has 0 bridgehead atoms. The van der Waals surface area contributed by atoms with Crippen molar-refractivity contribution in [3.8, 4) is 11.5 Å². The summed E-state index contributed by atoms with van der Waals surface area (Å²) in [6, 6.07) is 7.92. The SMILES string of the molecule is Fc1ccc(-c2nnc(CC3=Nc4ccnc(N5CCOCC5)c4C3)o2)cc1. The predicted molar refractivity (Wildman–Crippen MR) is 101 cm³/mol. The van der Waals surface area contributed by atoms with Crippen molar-refractivity contribution in [1.82, 2.24) is 15.2 Å². The summed E-state index contributed by atoms with van der Waals surface area (Å²) in [6.45, 7) is 3.10. The van der Waals surface area contributed by atoms with Gasteiger partial charge in [0.05, 0.1) is 25.3 Å². The first kappa shape index (κ1) is 17.0. The average molecular weight is 379 g/mol. The van der Waals surface area contributed by atoms with Gasteiger partial charge in [0.15, 0.2) is 0 Å². The second-order valence-corrected chi connectivity index (χ2v) is 6.77. The van der Waals surface area contributed by atoms with Crippen molar-refractivity contribution in [3.63, 3.8) is 0 Å². The van der Waals surface area contributed by atoms with E-state index in [-0.39, 0.29) is 5.82 Å². The zero-order chi connectivity index (χ0) is 18.9.